The number of aromatic amines is 1. The lowest BCUT2D eigenvalue weighted by Crippen LogP contribution is -2.41. The number of methoxy groups -OCH3 is 1. The Labute approximate surface area is 183 Å². The fourth-order valence-electron chi connectivity index (χ4n) is 2.96. The number of hydrogen-bond acceptors (Lipinski definition) is 7. The standard InChI is InChI=1S/C18H16F4N4O6S/c1-4-33(30,31)26(13(27)8-32-3)12-6-10(11(19)5-9(12)7-23)14-15(18(20,21)22)25(2)17(29)24-16(14)28/h5-6H,4,8H2,1-3H3,(H,24,28,29). The Morgan fingerprint density at radius 1 is 1.30 bits per heavy atom. The van der Waals surface area contributed by atoms with Crippen molar-refractivity contribution in [1.29, 1.82) is 5.26 Å². The number of halogens is 4. The molecule has 1 N–H and O–H groups in total. The van der Waals surface area contributed by atoms with Crippen LogP contribution in [0.2, 0.25) is 0 Å². The maximum Gasteiger partial charge on any atom is 0.432 e. The number of nitriles is 1. The van der Waals surface area contributed by atoms with E-state index in [-0.39, 0.29) is 8.87 Å². The average molecular weight is 492 g/mol. The normalized spacial score (nSPS) is 11.8. The second-order valence-corrected chi connectivity index (χ2v) is 8.60. The van der Waals surface area contributed by atoms with Crippen LogP contribution in [0.5, 0.6) is 0 Å². The van der Waals surface area contributed by atoms with Crippen molar-refractivity contribution >= 4 is 21.6 Å². The summed E-state index contributed by atoms with van der Waals surface area (Å²) in [4.78, 5) is 38.1. The first-order valence-corrected chi connectivity index (χ1v) is 10.5. The number of rotatable bonds is 6. The van der Waals surface area contributed by atoms with E-state index in [1.54, 1.807) is 4.98 Å². The molecular weight excluding hydrogens is 476 g/mol. The number of benzene rings is 1. The van der Waals surface area contributed by atoms with Crippen molar-refractivity contribution in [2.24, 2.45) is 7.05 Å². The molecule has 10 nitrogen and oxygen atoms in total. The highest BCUT2D eigenvalue weighted by molar-refractivity contribution is 7.93. The number of alkyl halides is 3. The summed E-state index contributed by atoms with van der Waals surface area (Å²) in [7, 11) is -2.73. The summed E-state index contributed by atoms with van der Waals surface area (Å²) >= 11 is 0. The van der Waals surface area contributed by atoms with E-state index in [0.29, 0.717) is 19.2 Å². The monoisotopic (exact) mass is 492 g/mol. The predicted molar refractivity (Wildman–Crippen MR) is 106 cm³/mol. The molecule has 1 amide bonds. The summed E-state index contributed by atoms with van der Waals surface area (Å²) in [5, 5.41) is 9.35. The molecule has 0 bridgehead atoms. The van der Waals surface area contributed by atoms with E-state index in [0.717, 1.165) is 14.0 Å². The average Bonchev–Trinajstić information content (AvgIpc) is 2.70. The number of H-pyrrole nitrogens is 1. The van der Waals surface area contributed by atoms with Gasteiger partial charge in [-0.25, -0.2) is 21.9 Å². The van der Waals surface area contributed by atoms with Crippen molar-refractivity contribution in [3.8, 4) is 17.2 Å². The molecule has 0 radical (unpaired) electrons. The van der Waals surface area contributed by atoms with Crippen LogP contribution in [0, 0.1) is 17.1 Å². The number of carbonyl (C=O) groups excluding carboxylic acids is 1. The highest BCUT2D eigenvalue weighted by atomic mass is 32.2. The number of nitrogens with zero attached hydrogens (tertiary/aromatic N) is 3. The van der Waals surface area contributed by atoms with Crippen LogP contribution in [0.4, 0.5) is 23.2 Å². The van der Waals surface area contributed by atoms with Crippen LogP contribution in [-0.2, 0) is 32.8 Å². The maximum absolute atomic E-state index is 14.8. The third kappa shape index (κ3) is 4.81. The number of sulfonamides is 1. The van der Waals surface area contributed by atoms with Gasteiger partial charge in [0.05, 0.1) is 22.6 Å². The molecule has 33 heavy (non-hydrogen) atoms. The molecule has 0 aliphatic heterocycles. The SMILES string of the molecule is CCS(=O)(=O)N(C(=O)COC)c1cc(-c2c(C(F)(F)F)n(C)c(=O)[nH]c2=O)c(F)cc1C#N. The van der Waals surface area contributed by atoms with Crippen molar-refractivity contribution in [3.05, 3.63) is 50.0 Å². The lowest BCUT2D eigenvalue weighted by molar-refractivity contribution is -0.143. The molecule has 0 saturated carbocycles. The van der Waals surface area contributed by atoms with Crippen molar-refractivity contribution in [2.45, 2.75) is 13.1 Å². The zero-order chi connectivity index (χ0) is 25.3. The van der Waals surface area contributed by atoms with Crippen LogP contribution in [0.3, 0.4) is 0 Å². The minimum atomic E-state index is -5.31. The van der Waals surface area contributed by atoms with E-state index in [2.05, 4.69) is 4.74 Å². The van der Waals surface area contributed by atoms with Gasteiger partial charge in [0.2, 0.25) is 10.0 Å². The van der Waals surface area contributed by atoms with Crippen molar-refractivity contribution in [1.82, 2.24) is 9.55 Å². The first kappa shape index (κ1) is 25.7. The van der Waals surface area contributed by atoms with E-state index in [4.69, 9.17) is 0 Å². The quantitative estimate of drug-likeness (QED) is 0.595. The van der Waals surface area contributed by atoms with Crippen LogP contribution >= 0.6 is 0 Å². The Hall–Kier alpha value is -3.51. The molecule has 1 aromatic carbocycles. The first-order valence-electron chi connectivity index (χ1n) is 8.90. The third-order valence-electron chi connectivity index (χ3n) is 4.42. The Balaban J connectivity index is 3.06. The lowest BCUT2D eigenvalue weighted by atomic mass is 10.0. The van der Waals surface area contributed by atoms with Crippen molar-refractivity contribution in [2.75, 3.05) is 23.8 Å². The smallest absolute Gasteiger partial charge is 0.375 e. The molecule has 15 heteroatoms. The molecule has 0 aliphatic carbocycles. The molecule has 178 valence electrons. The van der Waals surface area contributed by atoms with Crippen LogP contribution in [0.15, 0.2) is 21.7 Å². The molecule has 1 aromatic heterocycles. The van der Waals surface area contributed by atoms with Gasteiger partial charge in [-0.15, -0.1) is 0 Å². The fourth-order valence-corrected chi connectivity index (χ4v) is 4.04. The van der Waals surface area contributed by atoms with Crippen molar-refractivity contribution < 1.29 is 35.5 Å². The molecule has 0 saturated heterocycles. The summed E-state index contributed by atoms with van der Waals surface area (Å²) in [6, 6.07) is 2.31. The molecule has 1 heterocycles. The van der Waals surface area contributed by atoms with Crippen LogP contribution in [-0.4, -0.2) is 43.3 Å². The van der Waals surface area contributed by atoms with E-state index >= 15 is 0 Å². The van der Waals surface area contributed by atoms with Gasteiger partial charge in [0.15, 0.2) is 0 Å². The second kappa shape index (κ2) is 9.16. The number of hydrogen-bond donors (Lipinski definition) is 1. The zero-order valence-electron chi connectivity index (χ0n) is 17.3. The number of anilines is 1. The van der Waals surface area contributed by atoms with E-state index in [1.165, 1.54) is 6.07 Å². The van der Waals surface area contributed by atoms with Gasteiger partial charge in [0.1, 0.15) is 24.2 Å². The molecule has 0 aliphatic rings. The number of carbonyl (C=O) groups is 1. The third-order valence-corrected chi connectivity index (χ3v) is 6.11. The van der Waals surface area contributed by atoms with Gasteiger partial charge in [-0.1, -0.05) is 0 Å². The maximum atomic E-state index is 14.8. The fraction of sp³-hybridized carbons (Fsp3) is 0.333. The highest BCUT2D eigenvalue weighted by Crippen LogP contribution is 2.37. The number of aromatic nitrogens is 2. The molecule has 0 spiro atoms. The van der Waals surface area contributed by atoms with Crippen LogP contribution in [0.1, 0.15) is 18.2 Å². The molecular formula is C18H16F4N4O6S. The van der Waals surface area contributed by atoms with Crippen molar-refractivity contribution in [3.63, 3.8) is 0 Å². The zero-order valence-corrected chi connectivity index (χ0v) is 18.1. The van der Waals surface area contributed by atoms with E-state index in [9.17, 15) is 45.6 Å². The Morgan fingerprint density at radius 2 is 1.91 bits per heavy atom. The minimum absolute atomic E-state index is 0.0324. The second-order valence-electron chi connectivity index (χ2n) is 6.49. The summed E-state index contributed by atoms with van der Waals surface area (Å²) in [5.74, 6) is -3.40. The number of ether oxygens (including phenoxy) is 1. The summed E-state index contributed by atoms with van der Waals surface area (Å²) in [5.41, 5.74) is -8.81. The number of nitrogens with one attached hydrogen (secondary N) is 1. The molecule has 2 aromatic rings. The van der Waals surface area contributed by atoms with Gasteiger partial charge < -0.3 is 4.74 Å². The van der Waals surface area contributed by atoms with Crippen LogP contribution in [0.25, 0.3) is 11.1 Å². The lowest BCUT2D eigenvalue weighted by Gasteiger charge is -2.24. The molecule has 2 rings (SSSR count). The molecule has 0 fully saturated rings. The molecule has 0 atom stereocenters. The Kier molecular flexibility index (Phi) is 7.14. The summed E-state index contributed by atoms with van der Waals surface area (Å²) < 4.78 is 85.8. The Morgan fingerprint density at radius 3 is 2.39 bits per heavy atom. The van der Waals surface area contributed by atoms with Gasteiger partial charge in [-0.2, -0.15) is 18.4 Å². The first-order chi connectivity index (χ1) is 15.2. The van der Waals surface area contributed by atoms with Crippen LogP contribution < -0.4 is 15.6 Å². The molecule has 0 unspecified atom stereocenters. The largest absolute Gasteiger partial charge is 0.432 e. The van der Waals surface area contributed by atoms with Gasteiger partial charge in [-0.05, 0) is 19.1 Å². The van der Waals surface area contributed by atoms with Gasteiger partial charge >= 0.3 is 11.9 Å². The number of amides is 1. The van der Waals surface area contributed by atoms with Gasteiger partial charge in [0, 0.05) is 19.7 Å². The predicted octanol–water partition coefficient (Wildman–Crippen LogP) is 1.10. The Bertz CT molecular complexity index is 1370. The summed E-state index contributed by atoms with van der Waals surface area (Å²) in [6.45, 7) is 0.351. The summed E-state index contributed by atoms with van der Waals surface area (Å²) in [6.07, 6.45) is -5.31. The van der Waals surface area contributed by atoms with E-state index < -0.39 is 79.6 Å². The van der Waals surface area contributed by atoms with Gasteiger partial charge in [0.25, 0.3) is 11.5 Å². The van der Waals surface area contributed by atoms with Gasteiger partial charge in [-0.3, -0.25) is 19.1 Å². The van der Waals surface area contributed by atoms with E-state index in [1.807, 2.05) is 0 Å². The topological polar surface area (TPSA) is 142 Å². The minimum Gasteiger partial charge on any atom is -0.375 e. The highest BCUT2D eigenvalue weighted by Gasteiger charge is 2.40.